The number of methoxy groups -OCH3 is 2. The average molecular weight is 373 g/mol. The number of hydrogen-bond acceptors (Lipinski definition) is 3. The summed E-state index contributed by atoms with van der Waals surface area (Å²) in [6.07, 6.45) is -4.21. The van der Waals surface area contributed by atoms with E-state index in [0.717, 1.165) is 30.0 Å². The highest BCUT2D eigenvalue weighted by molar-refractivity contribution is 5.80. The molecule has 26 heavy (non-hydrogen) atoms. The van der Waals surface area contributed by atoms with Crippen molar-refractivity contribution in [2.24, 2.45) is 4.99 Å². The van der Waals surface area contributed by atoms with Crippen LogP contribution in [0.2, 0.25) is 0 Å². The van der Waals surface area contributed by atoms with Gasteiger partial charge in [-0.3, -0.25) is 4.99 Å². The van der Waals surface area contributed by atoms with Crippen molar-refractivity contribution in [2.45, 2.75) is 31.9 Å². The van der Waals surface area contributed by atoms with Gasteiger partial charge in [-0.25, -0.2) is 0 Å². The zero-order chi connectivity index (χ0) is 19.2. The van der Waals surface area contributed by atoms with Gasteiger partial charge >= 0.3 is 6.18 Å². The van der Waals surface area contributed by atoms with Gasteiger partial charge in [-0.2, -0.15) is 13.2 Å². The highest BCUT2D eigenvalue weighted by atomic mass is 19.4. The first kappa shape index (κ1) is 20.2. The summed E-state index contributed by atoms with van der Waals surface area (Å²) in [5.74, 6) is 2.23. The van der Waals surface area contributed by atoms with Crippen molar-refractivity contribution < 1.29 is 22.6 Å². The first-order chi connectivity index (χ1) is 12.4. The molecule has 8 heteroatoms. The van der Waals surface area contributed by atoms with Gasteiger partial charge in [0.05, 0.1) is 27.2 Å². The van der Waals surface area contributed by atoms with E-state index in [1.807, 2.05) is 30.0 Å². The predicted octanol–water partition coefficient (Wildman–Crippen LogP) is 3.41. The molecule has 1 aliphatic rings. The van der Waals surface area contributed by atoms with E-state index < -0.39 is 12.6 Å². The van der Waals surface area contributed by atoms with E-state index in [2.05, 4.69) is 10.3 Å². The summed E-state index contributed by atoms with van der Waals surface area (Å²) in [6, 6.07) is 5.77. The minimum Gasteiger partial charge on any atom is -0.497 e. The van der Waals surface area contributed by atoms with Crippen molar-refractivity contribution in [1.29, 1.82) is 0 Å². The van der Waals surface area contributed by atoms with Gasteiger partial charge in [0.2, 0.25) is 0 Å². The predicted molar refractivity (Wildman–Crippen MR) is 95.1 cm³/mol. The molecule has 1 aliphatic heterocycles. The molecule has 0 spiro atoms. The maximum absolute atomic E-state index is 12.4. The van der Waals surface area contributed by atoms with E-state index in [1.165, 1.54) is 0 Å². The Morgan fingerprint density at radius 1 is 1.23 bits per heavy atom. The smallest absolute Gasteiger partial charge is 0.390 e. The third kappa shape index (κ3) is 5.71. The van der Waals surface area contributed by atoms with Crippen LogP contribution in [-0.4, -0.2) is 57.4 Å². The number of halogens is 3. The Labute approximate surface area is 152 Å². The number of nitrogens with one attached hydrogen (secondary N) is 1. The number of hydrogen-bond donors (Lipinski definition) is 1. The van der Waals surface area contributed by atoms with Crippen LogP contribution in [0.3, 0.4) is 0 Å². The van der Waals surface area contributed by atoms with Crippen LogP contribution in [0.1, 0.15) is 31.2 Å². The second-order valence-electron chi connectivity index (χ2n) is 6.18. The van der Waals surface area contributed by atoms with Gasteiger partial charge < -0.3 is 19.7 Å². The summed E-state index contributed by atoms with van der Waals surface area (Å²) < 4.78 is 47.7. The van der Waals surface area contributed by atoms with E-state index >= 15 is 0 Å². The summed E-state index contributed by atoms with van der Waals surface area (Å²) in [6.45, 7) is 3.68. The van der Waals surface area contributed by atoms with Crippen LogP contribution in [0, 0.1) is 0 Å². The molecule has 0 radical (unpaired) electrons. The average Bonchev–Trinajstić information content (AvgIpc) is 3.09. The minimum atomic E-state index is -4.19. The second kappa shape index (κ2) is 9.00. The van der Waals surface area contributed by atoms with Crippen molar-refractivity contribution in [2.75, 3.05) is 40.4 Å². The lowest BCUT2D eigenvalue weighted by molar-refractivity contribution is -0.132. The number of likely N-dealkylation sites (tertiary alicyclic amines) is 1. The highest BCUT2D eigenvalue weighted by Crippen LogP contribution is 2.33. The van der Waals surface area contributed by atoms with Crippen LogP contribution in [0.25, 0.3) is 0 Å². The zero-order valence-corrected chi connectivity index (χ0v) is 15.4. The molecule has 1 N–H and O–H groups in total. The Morgan fingerprint density at radius 3 is 2.42 bits per heavy atom. The maximum Gasteiger partial charge on any atom is 0.390 e. The molecule has 1 fully saturated rings. The topological polar surface area (TPSA) is 46.1 Å². The molecule has 0 amide bonds. The zero-order valence-electron chi connectivity index (χ0n) is 15.4. The lowest BCUT2D eigenvalue weighted by atomic mass is 9.98. The molecule has 1 atom stereocenters. The van der Waals surface area contributed by atoms with Gasteiger partial charge in [0.25, 0.3) is 0 Å². The number of alkyl halides is 3. The van der Waals surface area contributed by atoms with E-state index in [1.54, 1.807) is 14.2 Å². The fourth-order valence-corrected chi connectivity index (χ4v) is 3.00. The maximum atomic E-state index is 12.4. The Hall–Kier alpha value is -2.12. The van der Waals surface area contributed by atoms with Crippen molar-refractivity contribution in [3.8, 4) is 11.5 Å². The lowest BCUT2D eigenvalue weighted by Crippen LogP contribution is -2.40. The Morgan fingerprint density at radius 2 is 1.88 bits per heavy atom. The fourth-order valence-electron chi connectivity index (χ4n) is 3.00. The van der Waals surface area contributed by atoms with Gasteiger partial charge in [-0.1, -0.05) is 0 Å². The first-order valence-electron chi connectivity index (χ1n) is 8.69. The van der Waals surface area contributed by atoms with Crippen LogP contribution in [-0.2, 0) is 0 Å². The molecule has 1 heterocycles. The quantitative estimate of drug-likeness (QED) is 0.613. The number of ether oxygens (including phenoxy) is 2. The van der Waals surface area contributed by atoms with Crippen molar-refractivity contribution in [3.63, 3.8) is 0 Å². The SMILES string of the molecule is CCNC(=NCCC(F)(F)F)N1CCC(c2cc(OC)cc(OC)c2)C1. The highest BCUT2D eigenvalue weighted by Gasteiger charge is 2.28. The molecule has 146 valence electrons. The number of rotatable bonds is 6. The molecule has 0 aliphatic carbocycles. The number of aliphatic imine (C=N–C) groups is 1. The van der Waals surface area contributed by atoms with Crippen LogP contribution in [0.5, 0.6) is 11.5 Å². The molecular weight excluding hydrogens is 347 g/mol. The molecule has 1 aromatic carbocycles. The van der Waals surface area contributed by atoms with Gasteiger partial charge in [-0.15, -0.1) is 0 Å². The molecule has 5 nitrogen and oxygen atoms in total. The first-order valence-corrected chi connectivity index (χ1v) is 8.69. The van der Waals surface area contributed by atoms with E-state index in [0.29, 0.717) is 19.0 Å². The van der Waals surface area contributed by atoms with E-state index in [9.17, 15) is 13.2 Å². The number of benzene rings is 1. The summed E-state index contributed by atoms with van der Waals surface area (Å²) in [7, 11) is 3.21. The third-order valence-electron chi connectivity index (χ3n) is 4.32. The fraction of sp³-hybridized carbons (Fsp3) is 0.611. The molecule has 0 bridgehead atoms. The van der Waals surface area contributed by atoms with Crippen molar-refractivity contribution >= 4 is 5.96 Å². The summed E-state index contributed by atoms with van der Waals surface area (Å²) >= 11 is 0. The van der Waals surface area contributed by atoms with Crippen molar-refractivity contribution in [3.05, 3.63) is 23.8 Å². The molecule has 1 aromatic rings. The van der Waals surface area contributed by atoms with Gasteiger partial charge in [0.1, 0.15) is 11.5 Å². The third-order valence-corrected chi connectivity index (χ3v) is 4.32. The molecule has 1 unspecified atom stereocenters. The van der Waals surface area contributed by atoms with Crippen LogP contribution >= 0.6 is 0 Å². The molecular formula is C18H26F3N3O2. The summed E-state index contributed by atoms with van der Waals surface area (Å²) in [5, 5.41) is 3.09. The number of nitrogens with zero attached hydrogens (tertiary/aromatic N) is 2. The summed E-state index contributed by atoms with van der Waals surface area (Å²) in [5.41, 5.74) is 1.09. The van der Waals surface area contributed by atoms with E-state index in [4.69, 9.17) is 9.47 Å². The molecule has 2 rings (SSSR count). The van der Waals surface area contributed by atoms with Crippen LogP contribution in [0.4, 0.5) is 13.2 Å². The Balaban J connectivity index is 2.08. The molecule has 0 aromatic heterocycles. The Kier molecular flexibility index (Phi) is 6.99. The largest absolute Gasteiger partial charge is 0.497 e. The molecule has 0 saturated carbocycles. The molecule has 1 saturated heterocycles. The second-order valence-corrected chi connectivity index (χ2v) is 6.18. The van der Waals surface area contributed by atoms with Gasteiger partial charge in [0.15, 0.2) is 5.96 Å². The van der Waals surface area contributed by atoms with Crippen LogP contribution in [0.15, 0.2) is 23.2 Å². The minimum absolute atomic E-state index is 0.241. The lowest BCUT2D eigenvalue weighted by Gasteiger charge is -2.22. The van der Waals surface area contributed by atoms with Crippen molar-refractivity contribution in [1.82, 2.24) is 10.2 Å². The summed E-state index contributed by atoms with van der Waals surface area (Å²) in [4.78, 5) is 6.15. The Bertz CT molecular complexity index is 598. The van der Waals surface area contributed by atoms with E-state index in [-0.39, 0.29) is 12.5 Å². The normalized spacial score (nSPS) is 18.2. The van der Waals surface area contributed by atoms with Gasteiger partial charge in [0, 0.05) is 31.6 Å². The number of guanidine groups is 1. The standard InChI is InChI=1S/C18H26F3N3O2/c1-4-22-17(23-7-6-18(19,20)21)24-8-5-13(12-24)14-9-15(25-2)11-16(10-14)26-3/h9-11,13H,4-8,12H2,1-3H3,(H,22,23). The van der Waals surface area contributed by atoms with Gasteiger partial charge in [-0.05, 0) is 31.0 Å². The monoisotopic (exact) mass is 373 g/mol. The van der Waals surface area contributed by atoms with Crippen LogP contribution < -0.4 is 14.8 Å².